The second kappa shape index (κ2) is 9.06. The van der Waals surface area contributed by atoms with E-state index >= 15 is 0 Å². The number of rotatable bonds is 6. The van der Waals surface area contributed by atoms with Gasteiger partial charge in [0.05, 0.1) is 15.7 Å². The van der Waals surface area contributed by atoms with E-state index in [2.05, 4.69) is 22.5 Å². The van der Waals surface area contributed by atoms with Crippen molar-refractivity contribution in [1.29, 1.82) is 0 Å². The Labute approximate surface area is 191 Å². The maximum atomic E-state index is 6.36. The molecule has 0 fully saturated rings. The van der Waals surface area contributed by atoms with Gasteiger partial charge in [-0.3, -0.25) is 0 Å². The molecule has 0 saturated heterocycles. The molecule has 2 aromatic carbocycles. The molecule has 0 aliphatic heterocycles. The van der Waals surface area contributed by atoms with E-state index in [0.717, 1.165) is 39.4 Å². The van der Waals surface area contributed by atoms with Crippen molar-refractivity contribution in [3.05, 3.63) is 68.6 Å². The summed E-state index contributed by atoms with van der Waals surface area (Å²) in [4.78, 5) is 4.72. The monoisotopic (exact) mass is 480 g/mol. The number of nitrogens with zero attached hydrogens (tertiary/aromatic N) is 4. The molecule has 0 atom stereocenters. The Morgan fingerprint density at radius 3 is 2.59 bits per heavy atom. The molecule has 2 aromatic heterocycles. The molecule has 2 heterocycles. The van der Waals surface area contributed by atoms with Gasteiger partial charge in [-0.25, -0.2) is 4.98 Å². The predicted octanol–water partition coefficient (Wildman–Crippen LogP) is 7.34. The van der Waals surface area contributed by atoms with Crippen LogP contribution >= 0.6 is 57.9 Å². The summed E-state index contributed by atoms with van der Waals surface area (Å²) < 4.78 is 2.04. The van der Waals surface area contributed by atoms with Crippen molar-refractivity contribution in [3.63, 3.8) is 0 Å². The molecule has 0 spiro atoms. The molecule has 4 rings (SSSR count). The third-order valence-corrected chi connectivity index (χ3v) is 7.01. The van der Waals surface area contributed by atoms with Crippen LogP contribution in [0, 0.1) is 0 Å². The van der Waals surface area contributed by atoms with Gasteiger partial charge in [0.2, 0.25) is 0 Å². The topological polar surface area (TPSA) is 43.6 Å². The van der Waals surface area contributed by atoms with E-state index in [1.54, 1.807) is 35.2 Å². The van der Waals surface area contributed by atoms with Gasteiger partial charge in [-0.05, 0) is 31.2 Å². The number of thioether (sulfide) groups is 1. The summed E-state index contributed by atoms with van der Waals surface area (Å²) in [6.45, 7) is 2.78. The van der Waals surface area contributed by atoms with Gasteiger partial charge in [0.15, 0.2) is 11.0 Å². The highest BCUT2D eigenvalue weighted by molar-refractivity contribution is 7.98. The number of benzene rings is 2. The lowest BCUT2D eigenvalue weighted by atomic mass is 10.2. The highest BCUT2D eigenvalue weighted by Crippen LogP contribution is 2.34. The quantitative estimate of drug-likeness (QED) is 0.270. The second-order valence-corrected chi connectivity index (χ2v) is 9.14. The third kappa shape index (κ3) is 4.47. The van der Waals surface area contributed by atoms with Crippen LogP contribution < -0.4 is 0 Å². The van der Waals surface area contributed by atoms with Crippen molar-refractivity contribution in [3.8, 4) is 22.0 Å². The van der Waals surface area contributed by atoms with Crippen LogP contribution in [0.2, 0.25) is 15.1 Å². The van der Waals surface area contributed by atoms with Crippen LogP contribution in [0.25, 0.3) is 22.0 Å². The fraction of sp³-hybridized carbons (Fsp3) is 0.150. The van der Waals surface area contributed by atoms with Crippen molar-refractivity contribution >= 4 is 57.9 Å². The number of hydrogen-bond acceptors (Lipinski definition) is 5. The summed E-state index contributed by atoms with van der Waals surface area (Å²) in [5.41, 5.74) is 2.74. The van der Waals surface area contributed by atoms with Crippen LogP contribution in [0.5, 0.6) is 0 Å². The summed E-state index contributed by atoms with van der Waals surface area (Å²) in [6, 6.07) is 13.1. The molecule has 0 aliphatic carbocycles. The van der Waals surface area contributed by atoms with Gasteiger partial charge in [0, 0.05) is 33.8 Å². The molecule has 4 aromatic rings. The molecule has 29 heavy (non-hydrogen) atoms. The lowest BCUT2D eigenvalue weighted by molar-refractivity contribution is 0.687. The lowest BCUT2D eigenvalue weighted by Gasteiger charge is -2.08. The summed E-state index contributed by atoms with van der Waals surface area (Å²) in [5.74, 6) is 1.42. The maximum absolute atomic E-state index is 6.36. The van der Waals surface area contributed by atoms with Gasteiger partial charge in [0.1, 0.15) is 5.01 Å². The molecule has 148 valence electrons. The van der Waals surface area contributed by atoms with Crippen LogP contribution in [0.1, 0.15) is 12.6 Å². The SMILES string of the molecule is CCn1c(SCc2csc(-c3ccccc3Cl)n2)nnc1-c1ccc(Cl)cc1Cl. The maximum Gasteiger partial charge on any atom is 0.191 e. The van der Waals surface area contributed by atoms with E-state index in [4.69, 9.17) is 39.8 Å². The van der Waals surface area contributed by atoms with Crippen LogP contribution in [0.3, 0.4) is 0 Å². The van der Waals surface area contributed by atoms with E-state index in [1.165, 1.54) is 0 Å². The first kappa shape index (κ1) is 20.7. The van der Waals surface area contributed by atoms with Crippen LogP contribution in [-0.4, -0.2) is 19.7 Å². The van der Waals surface area contributed by atoms with Crippen LogP contribution in [-0.2, 0) is 12.3 Å². The lowest BCUT2D eigenvalue weighted by Crippen LogP contribution is -2.00. The Morgan fingerprint density at radius 1 is 1.00 bits per heavy atom. The summed E-state index contributed by atoms with van der Waals surface area (Å²) in [7, 11) is 0. The molecule has 0 saturated carbocycles. The number of hydrogen-bond donors (Lipinski definition) is 0. The average Bonchev–Trinajstić information content (AvgIpc) is 3.33. The molecule has 0 radical (unpaired) electrons. The number of halogens is 3. The molecular weight excluding hydrogens is 467 g/mol. The van der Waals surface area contributed by atoms with Crippen molar-refractivity contribution in [2.75, 3.05) is 0 Å². The van der Waals surface area contributed by atoms with E-state index in [-0.39, 0.29) is 0 Å². The molecule has 0 unspecified atom stereocenters. The van der Waals surface area contributed by atoms with Gasteiger partial charge in [0.25, 0.3) is 0 Å². The van der Waals surface area contributed by atoms with Gasteiger partial charge < -0.3 is 4.57 Å². The molecule has 0 amide bonds. The summed E-state index contributed by atoms with van der Waals surface area (Å²) in [5, 5.41) is 14.4. The second-order valence-electron chi connectivity index (χ2n) is 6.09. The Hall–Kier alpha value is -1.57. The minimum Gasteiger partial charge on any atom is -0.302 e. The Balaban J connectivity index is 1.54. The Kier molecular flexibility index (Phi) is 6.47. The first-order valence-electron chi connectivity index (χ1n) is 8.77. The number of thiazole rings is 1. The molecule has 0 aliphatic rings. The Bertz CT molecular complexity index is 1160. The van der Waals surface area contributed by atoms with Crippen molar-refractivity contribution < 1.29 is 0 Å². The zero-order chi connectivity index (χ0) is 20.4. The first-order valence-corrected chi connectivity index (χ1v) is 11.8. The third-order valence-electron chi connectivity index (χ3n) is 4.21. The van der Waals surface area contributed by atoms with Crippen molar-refractivity contribution in [1.82, 2.24) is 19.7 Å². The van der Waals surface area contributed by atoms with Crippen LogP contribution in [0.4, 0.5) is 0 Å². The van der Waals surface area contributed by atoms with Gasteiger partial charge >= 0.3 is 0 Å². The molecule has 0 N–H and O–H groups in total. The largest absolute Gasteiger partial charge is 0.302 e. The normalized spacial score (nSPS) is 11.2. The minimum absolute atomic E-state index is 0.556. The Morgan fingerprint density at radius 2 is 1.83 bits per heavy atom. The average molecular weight is 482 g/mol. The smallest absolute Gasteiger partial charge is 0.191 e. The minimum atomic E-state index is 0.556. The fourth-order valence-corrected chi connectivity index (χ4v) is 5.45. The molecule has 9 heteroatoms. The van der Waals surface area contributed by atoms with Gasteiger partial charge in [-0.15, -0.1) is 21.5 Å². The highest BCUT2D eigenvalue weighted by Gasteiger charge is 2.17. The fourth-order valence-electron chi connectivity index (χ4n) is 2.82. The number of aromatic nitrogens is 4. The standard InChI is InChI=1S/C20H15Cl3N4S2/c1-2-27-18(14-8-7-12(21)9-17(14)23)25-26-20(27)29-11-13-10-28-19(24-13)15-5-3-4-6-16(15)22/h3-10H,2,11H2,1H3. The highest BCUT2D eigenvalue weighted by atomic mass is 35.5. The first-order chi connectivity index (χ1) is 14.1. The molecule has 4 nitrogen and oxygen atoms in total. The predicted molar refractivity (Wildman–Crippen MR) is 123 cm³/mol. The zero-order valence-electron chi connectivity index (χ0n) is 15.3. The van der Waals surface area contributed by atoms with E-state index in [0.29, 0.717) is 20.8 Å². The van der Waals surface area contributed by atoms with Crippen LogP contribution in [0.15, 0.2) is 53.0 Å². The van der Waals surface area contributed by atoms with E-state index in [1.807, 2.05) is 34.9 Å². The summed E-state index contributed by atoms with van der Waals surface area (Å²) >= 11 is 21.8. The van der Waals surface area contributed by atoms with Gasteiger partial charge in [-0.1, -0.05) is 64.8 Å². The summed E-state index contributed by atoms with van der Waals surface area (Å²) in [6.07, 6.45) is 0. The zero-order valence-corrected chi connectivity index (χ0v) is 19.2. The van der Waals surface area contributed by atoms with Crippen molar-refractivity contribution in [2.45, 2.75) is 24.4 Å². The van der Waals surface area contributed by atoms with E-state index in [9.17, 15) is 0 Å². The van der Waals surface area contributed by atoms with E-state index < -0.39 is 0 Å². The molecule has 0 bridgehead atoms. The van der Waals surface area contributed by atoms with Gasteiger partial charge in [-0.2, -0.15) is 0 Å². The molecular formula is C20H15Cl3N4S2. The van der Waals surface area contributed by atoms with Crippen molar-refractivity contribution in [2.24, 2.45) is 0 Å².